The molecule has 1 aromatic carbocycles. The van der Waals surface area contributed by atoms with E-state index in [0.717, 1.165) is 5.56 Å². The van der Waals surface area contributed by atoms with E-state index in [4.69, 9.17) is 9.68 Å². The van der Waals surface area contributed by atoms with Gasteiger partial charge in [-0.3, -0.25) is 0 Å². The van der Waals surface area contributed by atoms with Crippen LogP contribution in [0.3, 0.4) is 0 Å². The first-order chi connectivity index (χ1) is 10.4. The van der Waals surface area contributed by atoms with Crippen molar-refractivity contribution in [3.63, 3.8) is 0 Å². The lowest BCUT2D eigenvalue weighted by molar-refractivity contribution is 0.368. The van der Waals surface area contributed by atoms with Crippen LogP contribution in [0.2, 0.25) is 0 Å². The minimum Gasteiger partial charge on any atom is -0.468 e. The van der Waals surface area contributed by atoms with Crippen LogP contribution in [0.25, 0.3) is 0 Å². The van der Waals surface area contributed by atoms with Gasteiger partial charge in [0.25, 0.3) is 0 Å². The second-order valence-electron chi connectivity index (χ2n) is 5.10. The number of benzene rings is 1. The van der Waals surface area contributed by atoms with Crippen LogP contribution >= 0.6 is 0 Å². The maximum absolute atomic E-state index is 12.9. The normalized spacial score (nSPS) is 11.5. The van der Waals surface area contributed by atoms with E-state index in [2.05, 4.69) is 0 Å². The Kier molecular flexibility index (Phi) is 5.01. The fourth-order valence-corrected chi connectivity index (χ4v) is 3.88. The van der Waals surface area contributed by atoms with Crippen molar-refractivity contribution in [1.82, 2.24) is 4.31 Å². The molecule has 0 aliphatic carbocycles. The number of nitrogens with zero attached hydrogens (tertiary/aromatic N) is 2. The second kappa shape index (κ2) is 6.77. The fraction of sp³-hybridized carbons (Fsp3) is 0.312. The topological polar surface area (TPSA) is 74.3 Å². The lowest BCUT2D eigenvalue weighted by Crippen LogP contribution is -2.32. The quantitative estimate of drug-likeness (QED) is 0.820. The molecule has 22 heavy (non-hydrogen) atoms. The summed E-state index contributed by atoms with van der Waals surface area (Å²) in [7, 11) is -3.68. The van der Waals surface area contributed by atoms with Crippen molar-refractivity contribution >= 4 is 10.0 Å². The van der Waals surface area contributed by atoms with E-state index in [9.17, 15) is 8.42 Å². The highest BCUT2D eigenvalue weighted by Crippen LogP contribution is 2.23. The molecule has 0 bridgehead atoms. The summed E-state index contributed by atoms with van der Waals surface area (Å²) in [5.74, 6) is 0.548. The molecule has 116 valence electrons. The Labute approximate surface area is 130 Å². The first-order valence-corrected chi connectivity index (χ1v) is 8.36. The summed E-state index contributed by atoms with van der Waals surface area (Å²) >= 11 is 0. The van der Waals surface area contributed by atoms with Crippen molar-refractivity contribution < 1.29 is 12.8 Å². The van der Waals surface area contributed by atoms with Crippen molar-refractivity contribution in [3.8, 4) is 6.07 Å². The van der Waals surface area contributed by atoms with E-state index < -0.39 is 10.0 Å². The van der Waals surface area contributed by atoms with E-state index in [0.29, 0.717) is 11.3 Å². The number of rotatable bonds is 6. The molecule has 0 unspecified atom stereocenters. The van der Waals surface area contributed by atoms with Crippen molar-refractivity contribution in [1.29, 1.82) is 5.26 Å². The highest BCUT2D eigenvalue weighted by Gasteiger charge is 2.26. The van der Waals surface area contributed by atoms with Gasteiger partial charge >= 0.3 is 0 Å². The van der Waals surface area contributed by atoms with E-state index >= 15 is 0 Å². The third-order valence-electron chi connectivity index (χ3n) is 3.35. The molecule has 0 saturated carbocycles. The van der Waals surface area contributed by atoms with Gasteiger partial charge in [-0.05, 0) is 43.2 Å². The molecule has 1 heterocycles. The predicted octanol–water partition coefficient (Wildman–Crippen LogP) is 3.00. The Morgan fingerprint density at radius 3 is 2.68 bits per heavy atom. The van der Waals surface area contributed by atoms with Crippen LogP contribution < -0.4 is 0 Å². The smallest absolute Gasteiger partial charge is 0.243 e. The largest absolute Gasteiger partial charge is 0.468 e. The van der Waals surface area contributed by atoms with E-state index in [1.54, 1.807) is 31.2 Å². The first kappa shape index (κ1) is 16.3. The van der Waals surface area contributed by atoms with Crippen molar-refractivity contribution in [3.05, 3.63) is 53.5 Å². The van der Waals surface area contributed by atoms with Gasteiger partial charge < -0.3 is 4.42 Å². The van der Waals surface area contributed by atoms with Gasteiger partial charge in [0.1, 0.15) is 5.76 Å². The third kappa shape index (κ3) is 3.56. The molecule has 0 radical (unpaired) electrons. The van der Waals surface area contributed by atoms with Crippen molar-refractivity contribution in [2.24, 2.45) is 0 Å². The van der Waals surface area contributed by atoms with Gasteiger partial charge in [-0.2, -0.15) is 9.57 Å². The van der Waals surface area contributed by atoms with Gasteiger partial charge in [0.05, 0.1) is 23.8 Å². The Balaban J connectivity index is 2.40. The molecule has 0 amide bonds. The summed E-state index contributed by atoms with van der Waals surface area (Å²) in [6.45, 7) is 3.86. The average molecular weight is 318 g/mol. The molecular formula is C16H18N2O3S. The van der Waals surface area contributed by atoms with Gasteiger partial charge in [-0.15, -0.1) is 0 Å². The van der Waals surface area contributed by atoms with Crippen LogP contribution in [-0.2, 0) is 16.6 Å². The highest BCUT2D eigenvalue weighted by molar-refractivity contribution is 7.89. The predicted molar refractivity (Wildman–Crippen MR) is 82.4 cm³/mol. The summed E-state index contributed by atoms with van der Waals surface area (Å²) in [5, 5.41) is 8.78. The molecular weight excluding hydrogens is 300 g/mol. The molecule has 0 spiro atoms. The monoisotopic (exact) mass is 318 g/mol. The average Bonchev–Trinajstić information content (AvgIpc) is 2.98. The summed E-state index contributed by atoms with van der Waals surface area (Å²) in [4.78, 5) is 0.275. The van der Waals surface area contributed by atoms with E-state index in [1.165, 1.54) is 10.6 Å². The zero-order chi connectivity index (χ0) is 16.2. The Hall–Kier alpha value is -2.10. The lowest BCUT2D eigenvalue weighted by Gasteiger charge is -2.21. The zero-order valence-corrected chi connectivity index (χ0v) is 13.4. The molecule has 0 aliphatic rings. The SMILES string of the molecule is Cc1ccc(C)c(S(=O)(=O)N(CCC#N)Cc2ccco2)c1. The van der Waals surface area contributed by atoms with Gasteiger partial charge in [0.2, 0.25) is 10.0 Å². The summed E-state index contributed by atoms with van der Waals surface area (Å²) in [5.41, 5.74) is 1.56. The van der Waals surface area contributed by atoms with Gasteiger partial charge in [0.15, 0.2) is 0 Å². The Morgan fingerprint density at radius 1 is 1.27 bits per heavy atom. The number of hydrogen-bond acceptors (Lipinski definition) is 4. The molecule has 0 aliphatic heterocycles. The van der Waals surface area contributed by atoms with E-state index in [-0.39, 0.29) is 24.4 Å². The molecule has 6 heteroatoms. The number of aryl methyl sites for hydroxylation is 2. The van der Waals surface area contributed by atoms with Crippen LogP contribution in [0.4, 0.5) is 0 Å². The molecule has 2 aromatic rings. The van der Waals surface area contributed by atoms with Gasteiger partial charge in [-0.1, -0.05) is 12.1 Å². The summed E-state index contributed by atoms with van der Waals surface area (Å²) in [6.07, 6.45) is 1.63. The third-order valence-corrected chi connectivity index (χ3v) is 5.33. The number of sulfonamides is 1. The molecule has 0 atom stereocenters. The number of hydrogen-bond donors (Lipinski definition) is 0. The number of nitriles is 1. The van der Waals surface area contributed by atoms with Crippen LogP contribution in [0, 0.1) is 25.2 Å². The van der Waals surface area contributed by atoms with Crippen LogP contribution in [0.1, 0.15) is 23.3 Å². The molecule has 0 fully saturated rings. The van der Waals surface area contributed by atoms with Crippen molar-refractivity contribution in [2.75, 3.05) is 6.54 Å². The molecule has 5 nitrogen and oxygen atoms in total. The van der Waals surface area contributed by atoms with Crippen molar-refractivity contribution in [2.45, 2.75) is 31.7 Å². The highest BCUT2D eigenvalue weighted by atomic mass is 32.2. The lowest BCUT2D eigenvalue weighted by atomic mass is 10.2. The van der Waals surface area contributed by atoms with Gasteiger partial charge in [0, 0.05) is 13.0 Å². The maximum Gasteiger partial charge on any atom is 0.243 e. The van der Waals surface area contributed by atoms with Crippen LogP contribution in [0.15, 0.2) is 45.9 Å². The first-order valence-electron chi connectivity index (χ1n) is 6.92. The molecule has 0 N–H and O–H groups in total. The minimum atomic E-state index is -3.68. The summed E-state index contributed by atoms with van der Waals surface area (Å²) in [6, 6.07) is 10.7. The zero-order valence-electron chi connectivity index (χ0n) is 12.6. The van der Waals surface area contributed by atoms with E-state index in [1.807, 2.05) is 19.1 Å². The second-order valence-corrected chi connectivity index (χ2v) is 7.00. The Bertz CT molecular complexity index is 774. The molecule has 0 saturated heterocycles. The fourth-order valence-electron chi connectivity index (χ4n) is 2.16. The van der Waals surface area contributed by atoms with Crippen LogP contribution in [0.5, 0.6) is 0 Å². The minimum absolute atomic E-state index is 0.115. The Morgan fingerprint density at radius 2 is 2.05 bits per heavy atom. The standard InChI is InChI=1S/C16H18N2O3S/c1-13-6-7-14(2)16(11-13)22(19,20)18(9-4-8-17)12-15-5-3-10-21-15/h3,5-7,10-11H,4,9,12H2,1-2H3. The number of furan rings is 1. The van der Waals surface area contributed by atoms with Gasteiger partial charge in [-0.25, -0.2) is 8.42 Å². The maximum atomic E-state index is 12.9. The summed E-state index contributed by atoms with van der Waals surface area (Å²) < 4.78 is 32.4. The molecule has 1 aromatic heterocycles. The molecule has 2 rings (SSSR count). The van der Waals surface area contributed by atoms with Crippen LogP contribution in [-0.4, -0.2) is 19.3 Å².